The SMILES string of the molecule is CN(Cc1ccccc1)S(=O)(=O)c1ccc(NC(=O)CN2CCSCC2)cc1. The summed E-state index contributed by atoms with van der Waals surface area (Å²) in [7, 11) is -2.03. The first-order valence-corrected chi connectivity index (χ1v) is 11.7. The number of rotatable bonds is 7. The van der Waals surface area contributed by atoms with Gasteiger partial charge in [0.1, 0.15) is 0 Å². The monoisotopic (exact) mass is 419 g/mol. The van der Waals surface area contributed by atoms with Gasteiger partial charge in [0.2, 0.25) is 15.9 Å². The van der Waals surface area contributed by atoms with Crippen LogP contribution in [0.5, 0.6) is 0 Å². The van der Waals surface area contributed by atoms with Gasteiger partial charge in [-0.05, 0) is 29.8 Å². The van der Waals surface area contributed by atoms with Crippen LogP contribution in [-0.2, 0) is 21.4 Å². The summed E-state index contributed by atoms with van der Waals surface area (Å²) >= 11 is 1.90. The van der Waals surface area contributed by atoms with Crippen LogP contribution in [0.25, 0.3) is 0 Å². The van der Waals surface area contributed by atoms with Gasteiger partial charge in [-0.15, -0.1) is 0 Å². The summed E-state index contributed by atoms with van der Waals surface area (Å²) in [5.74, 6) is 2.02. The van der Waals surface area contributed by atoms with Crippen molar-refractivity contribution < 1.29 is 13.2 Å². The molecule has 28 heavy (non-hydrogen) atoms. The number of carbonyl (C=O) groups excluding carboxylic acids is 1. The van der Waals surface area contributed by atoms with E-state index in [0.717, 1.165) is 30.2 Å². The lowest BCUT2D eigenvalue weighted by Gasteiger charge is -2.25. The molecule has 6 nitrogen and oxygen atoms in total. The van der Waals surface area contributed by atoms with Gasteiger partial charge in [-0.1, -0.05) is 30.3 Å². The normalized spacial score (nSPS) is 15.5. The fourth-order valence-electron chi connectivity index (χ4n) is 2.98. The summed E-state index contributed by atoms with van der Waals surface area (Å²) in [5, 5.41) is 2.84. The molecule has 0 bridgehead atoms. The number of nitrogens with one attached hydrogen (secondary N) is 1. The fraction of sp³-hybridized carbons (Fsp3) is 0.350. The zero-order chi connectivity index (χ0) is 20.0. The van der Waals surface area contributed by atoms with E-state index in [2.05, 4.69) is 10.2 Å². The van der Waals surface area contributed by atoms with E-state index in [1.54, 1.807) is 19.2 Å². The molecule has 1 heterocycles. The molecule has 2 aromatic rings. The largest absolute Gasteiger partial charge is 0.325 e. The molecule has 3 rings (SSSR count). The number of anilines is 1. The minimum atomic E-state index is -3.60. The number of hydrogen-bond acceptors (Lipinski definition) is 5. The highest BCUT2D eigenvalue weighted by Crippen LogP contribution is 2.19. The van der Waals surface area contributed by atoms with Gasteiger partial charge in [0.25, 0.3) is 0 Å². The highest BCUT2D eigenvalue weighted by Gasteiger charge is 2.21. The van der Waals surface area contributed by atoms with E-state index in [-0.39, 0.29) is 10.8 Å². The summed E-state index contributed by atoms with van der Waals surface area (Å²) < 4.78 is 26.8. The molecule has 0 aliphatic carbocycles. The number of carbonyl (C=O) groups is 1. The van der Waals surface area contributed by atoms with Gasteiger partial charge in [0.15, 0.2) is 0 Å². The Morgan fingerprint density at radius 3 is 2.36 bits per heavy atom. The van der Waals surface area contributed by atoms with Crippen molar-refractivity contribution in [3.05, 3.63) is 60.2 Å². The predicted octanol–water partition coefficient (Wildman–Crippen LogP) is 2.49. The van der Waals surface area contributed by atoms with Crippen molar-refractivity contribution in [2.45, 2.75) is 11.4 Å². The van der Waals surface area contributed by atoms with Gasteiger partial charge in [0, 0.05) is 43.9 Å². The lowest BCUT2D eigenvalue weighted by atomic mass is 10.2. The smallest absolute Gasteiger partial charge is 0.243 e. The Morgan fingerprint density at radius 2 is 1.71 bits per heavy atom. The molecule has 1 aliphatic rings. The maximum Gasteiger partial charge on any atom is 0.243 e. The van der Waals surface area contributed by atoms with E-state index in [1.165, 1.54) is 16.4 Å². The first-order valence-electron chi connectivity index (χ1n) is 9.15. The Balaban J connectivity index is 1.60. The Bertz CT molecular complexity index is 881. The lowest BCUT2D eigenvalue weighted by Crippen LogP contribution is -2.38. The molecule has 2 aromatic carbocycles. The number of benzene rings is 2. The molecule has 0 radical (unpaired) electrons. The average Bonchev–Trinajstić information content (AvgIpc) is 2.70. The molecular formula is C20H25N3O3S2. The first kappa shape index (κ1) is 20.9. The molecule has 1 saturated heterocycles. The Kier molecular flexibility index (Phi) is 7.12. The van der Waals surface area contributed by atoms with Crippen molar-refractivity contribution in [1.82, 2.24) is 9.21 Å². The van der Waals surface area contributed by atoms with Crippen LogP contribution in [0.4, 0.5) is 5.69 Å². The minimum Gasteiger partial charge on any atom is -0.325 e. The van der Waals surface area contributed by atoms with Crippen molar-refractivity contribution in [3.8, 4) is 0 Å². The van der Waals surface area contributed by atoms with E-state index in [1.807, 2.05) is 42.1 Å². The van der Waals surface area contributed by atoms with Crippen LogP contribution in [0.1, 0.15) is 5.56 Å². The van der Waals surface area contributed by atoms with Crippen LogP contribution in [0.3, 0.4) is 0 Å². The molecular weight excluding hydrogens is 394 g/mol. The van der Waals surface area contributed by atoms with E-state index in [9.17, 15) is 13.2 Å². The second-order valence-electron chi connectivity index (χ2n) is 6.71. The first-order chi connectivity index (χ1) is 13.4. The van der Waals surface area contributed by atoms with Crippen LogP contribution < -0.4 is 5.32 Å². The molecule has 8 heteroatoms. The zero-order valence-corrected chi connectivity index (χ0v) is 17.5. The van der Waals surface area contributed by atoms with Gasteiger partial charge in [-0.25, -0.2) is 8.42 Å². The lowest BCUT2D eigenvalue weighted by molar-refractivity contribution is -0.117. The van der Waals surface area contributed by atoms with Crippen LogP contribution in [0.15, 0.2) is 59.5 Å². The molecule has 0 aromatic heterocycles. The third-order valence-corrected chi connectivity index (χ3v) is 7.33. The van der Waals surface area contributed by atoms with Crippen molar-refractivity contribution in [2.24, 2.45) is 0 Å². The third-order valence-electron chi connectivity index (χ3n) is 4.57. The van der Waals surface area contributed by atoms with Crippen LogP contribution in [-0.4, -0.2) is 61.7 Å². The topological polar surface area (TPSA) is 69.7 Å². The van der Waals surface area contributed by atoms with Gasteiger partial charge < -0.3 is 5.32 Å². The molecule has 150 valence electrons. The highest BCUT2D eigenvalue weighted by molar-refractivity contribution is 7.99. The number of amides is 1. The maximum absolute atomic E-state index is 12.8. The van der Waals surface area contributed by atoms with Gasteiger partial charge in [0.05, 0.1) is 11.4 Å². The van der Waals surface area contributed by atoms with Crippen molar-refractivity contribution in [2.75, 3.05) is 43.5 Å². The quantitative estimate of drug-likeness (QED) is 0.747. The summed E-state index contributed by atoms with van der Waals surface area (Å²) in [6.07, 6.45) is 0. The number of nitrogens with zero attached hydrogens (tertiary/aromatic N) is 2. The van der Waals surface area contributed by atoms with Crippen molar-refractivity contribution in [3.63, 3.8) is 0 Å². The van der Waals surface area contributed by atoms with Crippen LogP contribution in [0.2, 0.25) is 0 Å². The highest BCUT2D eigenvalue weighted by atomic mass is 32.2. The van der Waals surface area contributed by atoms with Crippen molar-refractivity contribution >= 4 is 33.4 Å². The summed E-state index contributed by atoms with van der Waals surface area (Å²) in [5.41, 5.74) is 1.52. The summed E-state index contributed by atoms with van der Waals surface area (Å²) in [6.45, 7) is 2.50. The van der Waals surface area contributed by atoms with E-state index in [0.29, 0.717) is 18.8 Å². The van der Waals surface area contributed by atoms with Crippen molar-refractivity contribution in [1.29, 1.82) is 0 Å². The van der Waals surface area contributed by atoms with E-state index < -0.39 is 10.0 Å². The second-order valence-corrected chi connectivity index (χ2v) is 9.98. The molecule has 0 atom stereocenters. The second kappa shape index (κ2) is 9.56. The van der Waals surface area contributed by atoms with E-state index in [4.69, 9.17) is 0 Å². The van der Waals surface area contributed by atoms with E-state index >= 15 is 0 Å². The number of thioether (sulfide) groups is 1. The predicted molar refractivity (Wildman–Crippen MR) is 114 cm³/mol. The van der Waals surface area contributed by atoms with Crippen LogP contribution >= 0.6 is 11.8 Å². The van der Waals surface area contributed by atoms with Gasteiger partial charge in [-0.2, -0.15) is 16.1 Å². The molecule has 0 spiro atoms. The Morgan fingerprint density at radius 1 is 1.07 bits per heavy atom. The molecule has 1 N–H and O–H groups in total. The standard InChI is InChI=1S/C20H25N3O3S2/c1-22(15-17-5-3-2-4-6-17)28(25,26)19-9-7-18(8-10-19)21-20(24)16-23-11-13-27-14-12-23/h2-10H,11-16H2,1H3,(H,21,24). The van der Waals surface area contributed by atoms with Gasteiger partial charge in [-0.3, -0.25) is 9.69 Å². The fourth-order valence-corrected chi connectivity index (χ4v) is 5.12. The Hall–Kier alpha value is -1.87. The molecule has 0 saturated carbocycles. The molecule has 1 fully saturated rings. The summed E-state index contributed by atoms with van der Waals surface area (Å²) in [4.78, 5) is 14.5. The molecule has 1 amide bonds. The maximum atomic E-state index is 12.8. The zero-order valence-electron chi connectivity index (χ0n) is 15.9. The molecule has 0 unspecified atom stereocenters. The molecule has 1 aliphatic heterocycles. The third kappa shape index (κ3) is 5.57. The average molecular weight is 420 g/mol. The number of sulfonamides is 1. The van der Waals surface area contributed by atoms with Crippen LogP contribution in [0, 0.1) is 0 Å². The minimum absolute atomic E-state index is 0.0799. The number of hydrogen-bond donors (Lipinski definition) is 1. The Labute approximate surface area is 171 Å². The van der Waals surface area contributed by atoms with Gasteiger partial charge >= 0.3 is 0 Å². The summed E-state index contributed by atoms with van der Waals surface area (Å²) in [6, 6.07) is 15.8.